The molecule has 0 bridgehead atoms. The number of ether oxygens (including phenoxy) is 3. The van der Waals surface area contributed by atoms with Crippen LogP contribution in [0.2, 0.25) is 0 Å². The van der Waals surface area contributed by atoms with Crippen LogP contribution in [0.1, 0.15) is 65.5 Å². The number of carbonyl (C=O) groups is 4. The highest BCUT2D eigenvalue weighted by molar-refractivity contribution is 6.14. The lowest BCUT2D eigenvalue weighted by molar-refractivity contribution is -0.149. The summed E-state index contributed by atoms with van der Waals surface area (Å²) >= 11 is 0. The van der Waals surface area contributed by atoms with Gasteiger partial charge in [0.1, 0.15) is 29.8 Å². The summed E-state index contributed by atoms with van der Waals surface area (Å²) in [6.45, 7) is 3.26. The predicted molar refractivity (Wildman–Crippen MR) is 99.9 cm³/mol. The van der Waals surface area contributed by atoms with Crippen LogP contribution in [0.4, 0.5) is 0 Å². The molecule has 1 aromatic heterocycles. The van der Waals surface area contributed by atoms with Gasteiger partial charge >= 0.3 is 11.9 Å². The summed E-state index contributed by atoms with van der Waals surface area (Å²) in [6, 6.07) is 0. The second-order valence-corrected chi connectivity index (χ2v) is 8.70. The molecule has 2 heterocycles. The molecule has 1 aromatic rings. The van der Waals surface area contributed by atoms with Crippen molar-refractivity contribution in [2.24, 2.45) is 11.3 Å². The summed E-state index contributed by atoms with van der Waals surface area (Å²) in [5.74, 6) is -2.05. The Morgan fingerprint density at radius 2 is 2.07 bits per heavy atom. The summed E-state index contributed by atoms with van der Waals surface area (Å²) in [6.07, 6.45) is 1.02. The molecule has 3 aliphatic carbocycles. The molecule has 30 heavy (non-hydrogen) atoms. The van der Waals surface area contributed by atoms with Crippen molar-refractivity contribution in [1.29, 1.82) is 0 Å². The fraction of sp³-hybridized carbons (Fsp3) is 0.545. The van der Waals surface area contributed by atoms with Crippen molar-refractivity contribution in [2.45, 2.75) is 51.2 Å². The highest BCUT2D eigenvalue weighted by Gasteiger charge is 2.60. The van der Waals surface area contributed by atoms with Crippen LogP contribution in [0, 0.1) is 11.3 Å². The molecule has 8 heteroatoms. The summed E-state index contributed by atoms with van der Waals surface area (Å²) < 4.78 is 22.1. The first kappa shape index (κ1) is 19.2. The van der Waals surface area contributed by atoms with Crippen molar-refractivity contribution in [3.8, 4) is 0 Å². The van der Waals surface area contributed by atoms with Gasteiger partial charge in [-0.3, -0.25) is 14.4 Å². The third-order valence-electron chi connectivity index (χ3n) is 7.10. The van der Waals surface area contributed by atoms with E-state index in [-0.39, 0.29) is 35.4 Å². The Morgan fingerprint density at radius 1 is 1.30 bits per heavy atom. The van der Waals surface area contributed by atoms with E-state index in [4.69, 9.17) is 18.6 Å². The number of allylic oxidation sites excluding steroid dienone is 1. The van der Waals surface area contributed by atoms with Crippen LogP contribution < -0.4 is 0 Å². The standard InChI is InChI=1S/C22H22O8/c1-9(23)29-12-6-22(2)11(4-5-14(22)24)16-17(12)18-13(8-27-3)30-21(26)10-7-28-20(15(10)18)19(16)25/h7,11-13,18H,4-6,8H2,1-3H3/t11-,12+,13+,18?,22-/m0/s1. The van der Waals surface area contributed by atoms with Crippen LogP contribution in [0.5, 0.6) is 0 Å². The van der Waals surface area contributed by atoms with Gasteiger partial charge in [-0.25, -0.2) is 4.79 Å². The predicted octanol–water partition coefficient (Wildman–Crippen LogP) is 2.36. The monoisotopic (exact) mass is 414 g/mol. The zero-order valence-corrected chi connectivity index (χ0v) is 17.0. The Balaban J connectivity index is 1.76. The second kappa shape index (κ2) is 6.38. The summed E-state index contributed by atoms with van der Waals surface area (Å²) in [4.78, 5) is 50.7. The fourth-order valence-electron chi connectivity index (χ4n) is 5.86. The first-order chi connectivity index (χ1) is 14.3. The zero-order chi connectivity index (χ0) is 21.4. The first-order valence-corrected chi connectivity index (χ1v) is 10.1. The minimum Gasteiger partial charge on any atom is -0.460 e. The molecule has 5 atom stereocenters. The maximum absolute atomic E-state index is 13.6. The quantitative estimate of drug-likeness (QED) is 0.694. The molecular formula is C22H22O8. The van der Waals surface area contributed by atoms with E-state index in [1.165, 1.54) is 20.3 Å². The molecule has 158 valence electrons. The molecule has 0 spiro atoms. The molecule has 5 rings (SSSR count). The number of hydrogen-bond acceptors (Lipinski definition) is 8. The van der Waals surface area contributed by atoms with Gasteiger partial charge in [0.2, 0.25) is 5.78 Å². The smallest absolute Gasteiger partial charge is 0.342 e. The molecule has 0 N–H and O–H groups in total. The third kappa shape index (κ3) is 2.37. The van der Waals surface area contributed by atoms with Crippen molar-refractivity contribution in [3.63, 3.8) is 0 Å². The number of cyclic esters (lactones) is 1. The Hall–Kier alpha value is -2.74. The number of ketones is 2. The number of rotatable bonds is 3. The minimum atomic E-state index is -0.788. The molecule has 8 nitrogen and oxygen atoms in total. The van der Waals surface area contributed by atoms with E-state index in [0.717, 1.165) is 0 Å². The summed E-state index contributed by atoms with van der Waals surface area (Å²) in [7, 11) is 1.50. The van der Waals surface area contributed by atoms with E-state index >= 15 is 0 Å². The summed E-state index contributed by atoms with van der Waals surface area (Å²) in [5, 5.41) is 0. The third-order valence-corrected chi connectivity index (χ3v) is 7.10. The largest absolute Gasteiger partial charge is 0.460 e. The molecular weight excluding hydrogens is 392 g/mol. The maximum Gasteiger partial charge on any atom is 0.342 e. The van der Waals surface area contributed by atoms with Crippen molar-refractivity contribution in [2.75, 3.05) is 13.7 Å². The van der Waals surface area contributed by atoms with E-state index in [0.29, 0.717) is 36.0 Å². The molecule has 0 aromatic carbocycles. The molecule has 0 amide bonds. The Bertz CT molecular complexity index is 1030. The molecule has 1 aliphatic heterocycles. The van der Waals surface area contributed by atoms with Crippen molar-refractivity contribution >= 4 is 23.5 Å². The lowest BCUT2D eigenvalue weighted by atomic mass is 9.59. The van der Waals surface area contributed by atoms with Crippen LogP contribution in [0.3, 0.4) is 0 Å². The van der Waals surface area contributed by atoms with Gasteiger partial charge in [0.05, 0.1) is 12.5 Å². The van der Waals surface area contributed by atoms with Crippen molar-refractivity contribution in [1.82, 2.24) is 0 Å². The number of esters is 2. The lowest BCUT2D eigenvalue weighted by Gasteiger charge is -2.46. The highest BCUT2D eigenvalue weighted by Crippen LogP contribution is 2.59. The Morgan fingerprint density at radius 3 is 2.77 bits per heavy atom. The maximum atomic E-state index is 13.6. The van der Waals surface area contributed by atoms with Gasteiger partial charge in [-0.05, 0) is 12.0 Å². The SMILES string of the molecule is COC[C@H]1OC(=O)c2coc3c2C1C1=C(C3=O)[C@@H]2CCC(=O)[C@@]2(C)C[C@H]1OC(C)=O. The number of hydrogen-bond donors (Lipinski definition) is 0. The van der Waals surface area contributed by atoms with Gasteiger partial charge in [-0.2, -0.15) is 0 Å². The molecule has 4 aliphatic rings. The van der Waals surface area contributed by atoms with E-state index in [9.17, 15) is 19.2 Å². The van der Waals surface area contributed by atoms with Crippen LogP contribution in [0.25, 0.3) is 0 Å². The van der Waals surface area contributed by atoms with Gasteiger partial charge in [-0.1, -0.05) is 6.92 Å². The van der Waals surface area contributed by atoms with Crippen molar-refractivity contribution in [3.05, 3.63) is 34.3 Å². The van der Waals surface area contributed by atoms with Gasteiger partial charge in [0.25, 0.3) is 0 Å². The van der Waals surface area contributed by atoms with Gasteiger partial charge in [0.15, 0.2) is 5.76 Å². The lowest BCUT2D eigenvalue weighted by Crippen LogP contribution is -2.49. The molecule has 0 saturated heterocycles. The van der Waals surface area contributed by atoms with Gasteiger partial charge < -0.3 is 18.6 Å². The van der Waals surface area contributed by atoms with Crippen LogP contribution in [0.15, 0.2) is 21.8 Å². The van der Waals surface area contributed by atoms with Gasteiger partial charge in [0, 0.05) is 49.3 Å². The molecule has 0 radical (unpaired) electrons. The molecule has 1 saturated carbocycles. The minimum absolute atomic E-state index is 0.0680. The molecule has 1 fully saturated rings. The fourth-order valence-corrected chi connectivity index (χ4v) is 5.86. The summed E-state index contributed by atoms with van der Waals surface area (Å²) in [5.41, 5.74) is 0.987. The number of furan rings is 1. The highest BCUT2D eigenvalue weighted by atomic mass is 16.6. The van der Waals surface area contributed by atoms with Crippen LogP contribution in [-0.4, -0.2) is 49.4 Å². The normalized spacial score (nSPS) is 34.3. The Kier molecular flexibility index (Phi) is 4.09. The van der Waals surface area contributed by atoms with Gasteiger partial charge in [-0.15, -0.1) is 0 Å². The van der Waals surface area contributed by atoms with Crippen LogP contribution in [-0.2, 0) is 23.8 Å². The molecule has 1 unspecified atom stereocenters. The average Bonchev–Trinajstić information content (AvgIpc) is 3.24. The van der Waals surface area contributed by atoms with E-state index in [1.54, 1.807) is 0 Å². The average molecular weight is 414 g/mol. The van der Waals surface area contributed by atoms with Crippen LogP contribution >= 0.6 is 0 Å². The van der Waals surface area contributed by atoms with E-state index in [1.807, 2.05) is 6.92 Å². The second-order valence-electron chi connectivity index (χ2n) is 8.70. The van der Waals surface area contributed by atoms with Crippen molar-refractivity contribution < 1.29 is 37.8 Å². The number of Topliss-reactive ketones (excluding diaryl/α,β-unsaturated/α-hetero) is 2. The number of fused-ring (bicyclic) bond motifs is 3. The Labute approximate surface area is 172 Å². The first-order valence-electron chi connectivity index (χ1n) is 10.1. The topological polar surface area (TPSA) is 109 Å². The zero-order valence-electron chi connectivity index (χ0n) is 17.0. The van der Waals surface area contributed by atoms with E-state index in [2.05, 4.69) is 0 Å². The number of methoxy groups -OCH3 is 1. The number of carbonyl (C=O) groups excluding carboxylic acids is 4. The van der Waals surface area contributed by atoms with E-state index < -0.39 is 35.5 Å².